The van der Waals surface area contributed by atoms with Crippen molar-refractivity contribution in [1.29, 1.82) is 0 Å². The summed E-state index contributed by atoms with van der Waals surface area (Å²) in [6.45, 7) is 2.24. The Balaban J connectivity index is 1.93. The molecule has 0 fully saturated rings. The first kappa shape index (κ1) is 14.5. The highest BCUT2D eigenvalue weighted by Gasteiger charge is 2.12. The van der Waals surface area contributed by atoms with E-state index in [9.17, 15) is 0 Å². The Morgan fingerprint density at radius 1 is 0.720 bits per heavy atom. The largest absolute Gasteiger partial charge is 0.343 e. The fraction of sp³-hybridized carbons (Fsp3) is 0.167. The van der Waals surface area contributed by atoms with Gasteiger partial charge in [0.25, 0.3) is 0 Å². The Bertz CT molecular complexity index is 1260. The molecular formula is C24H21N. The molecule has 0 unspecified atom stereocenters. The van der Waals surface area contributed by atoms with E-state index in [1.54, 1.807) is 0 Å². The average molecular weight is 323 g/mol. The third kappa shape index (κ3) is 2.09. The highest BCUT2D eigenvalue weighted by molar-refractivity contribution is 6.19. The summed E-state index contributed by atoms with van der Waals surface area (Å²) in [5.41, 5.74) is 4.10. The number of nitrogens with zero attached hydrogens (tertiary/aromatic N) is 1. The molecule has 1 heterocycles. The van der Waals surface area contributed by atoms with Gasteiger partial charge in [-0.25, -0.2) is 0 Å². The van der Waals surface area contributed by atoms with Gasteiger partial charge >= 0.3 is 0 Å². The molecule has 0 bridgehead atoms. The molecule has 122 valence electrons. The van der Waals surface area contributed by atoms with E-state index < -0.39 is 0 Å². The molecule has 0 saturated heterocycles. The predicted octanol–water partition coefficient (Wildman–Crippen LogP) is 6.59. The van der Waals surface area contributed by atoms with E-state index in [0.717, 1.165) is 6.42 Å². The maximum absolute atomic E-state index is 2.38. The van der Waals surface area contributed by atoms with Crippen molar-refractivity contribution in [2.24, 2.45) is 7.05 Å². The Labute approximate surface area is 147 Å². The summed E-state index contributed by atoms with van der Waals surface area (Å²) in [6.07, 6.45) is 2.33. The summed E-state index contributed by atoms with van der Waals surface area (Å²) in [5, 5.41) is 7.96. The number of aryl methyl sites for hydroxylation is 2. The van der Waals surface area contributed by atoms with Gasteiger partial charge < -0.3 is 4.57 Å². The zero-order valence-corrected chi connectivity index (χ0v) is 14.7. The number of fused-ring (bicyclic) bond motifs is 6. The Morgan fingerprint density at radius 3 is 2.28 bits per heavy atom. The maximum Gasteiger partial charge on any atom is 0.0568 e. The minimum Gasteiger partial charge on any atom is -0.343 e. The number of benzene rings is 4. The lowest BCUT2D eigenvalue weighted by Gasteiger charge is -2.06. The molecule has 1 heteroatoms. The molecular weight excluding hydrogens is 302 g/mol. The molecule has 0 N–H and O–H groups in total. The van der Waals surface area contributed by atoms with Crippen molar-refractivity contribution in [3.05, 3.63) is 72.3 Å². The monoisotopic (exact) mass is 323 g/mol. The second-order valence-corrected chi connectivity index (χ2v) is 7.04. The molecule has 0 aliphatic carbocycles. The van der Waals surface area contributed by atoms with Gasteiger partial charge in [0.2, 0.25) is 0 Å². The Morgan fingerprint density at radius 2 is 1.48 bits per heavy atom. The molecule has 1 aromatic heterocycles. The van der Waals surface area contributed by atoms with E-state index >= 15 is 0 Å². The first-order chi connectivity index (χ1) is 12.3. The lowest BCUT2D eigenvalue weighted by atomic mass is 10.0. The van der Waals surface area contributed by atoms with Gasteiger partial charge in [0.05, 0.1) is 5.52 Å². The van der Waals surface area contributed by atoms with Crippen LogP contribution in [0.2, 0.25) is 0 Å². The molecule has 0 saturated carbocycles. The van der Waals surface area contributed by atoms with Gasteiger partial charge in [-0.15, -0.1) is 0 Å². The first-order valence-electron chi connectivity index (χ1n) is 9.09. The second kappa shape index (κ2) is 5.35. The van der Waals surface area contributed by atoms with Gasteiger partial charge in [-0.05, 0) is 46.3 Å². The fourth-order valence-corrected chi connectivity index (χ4v) is 4.22. The Kier molecular flexibility index (Phi) is 3.11. The van der Waals surface area contributed by atoms with Gasteiger partial charge in [0, 0.05) is 28.7 Å². The van der Waals surface area contributed by atoms with Crippen LogP contribution in [0.1, 0.15) is 18.9 Å². The molecule has 4 aromatic carbocycles. The van der Waals surface area contributed by atoms with Crippen LogP contribution in [0.4, 0.5) is 0 Å². The minimum atomic E-state index is 1.14. The molecule has 1 nitrogen and oxygen atoms in total. The van der Waals surface area contributed by atoms with Gasteiger partial charge in [-0.1, -0.05) is 61.9 Å². The van der Waals surface area contributed by atoms with Crippen molar-refractivity contribution in [3.63, 3.8) is 0 Å². The van der Waals surface area contributed by atoms with Crippen LogP contribution in [0.25, 0.3) is 43.4 Å². The number of hydrogen-bond donors (Lipinski definition) is 0. The molecule has 0 radical (unpaired) electrons. The lowest BCUT2D eigenvalue weighted by Crippen LogP contribution is -1.90. The van der Waals surface area contributed by atoms with Crippen molar-refractivity contribution >= 4 is 43.4 Å². The first-order valence-corrected chi connectivity index (χ1v) is 9.09. The van der Waals surface area contributed by atoms with Crippen molar-refractivity contribution in [3.8, 4) is 0 Å². The van der Waals surface area contributed by atoms with E-state index in [0.29, 0.717) is 0 Å². The molecule has 5 aromatic rings. The highest BCUT2D eigenvalue weighted by atomic mass is 14.9. The van der Waals surface area contributed by atoms with Gasteiger partial charge in [0.1, 0.15) is 0 Å². The summed E-state index contributed by atoms with van der Waals surface area (Å²) in [4.78, 5) is 0. The topological polar surface area (TPSA) is 4.93 Å². The molecule has 0 amide bonds. The molecule has 0 aliphatic rings. The van der Waals surface area contributed by atoms with Gasteiger partial charge in [-0.2, -0.15) is 0 Å². The van der Waals surface area contributed by atoms with Gasteiger partial charge in [-0.3, -0.25) is 0 Å². The summed E-state index contributed by atoms with van der Waals surface area (Å²) in [7, 11) is 2.20. The van der Waals surface area contributed by atoms with E-state index in [-0.39, 0.29) is 0 Å². The van der Waals surface area contributed by atoms with Crippen molar-refractivity contribution in [1.82, 2.24) is 4.57 Å². The van der Waals surface area contributed by atoms with Crippen molar-refractivity contribution in [2.45, 2.75) is 19.8 Å². The van der Waals surface area contributed by atoms with Crippen LogP contribution >= 0.6 is 0 Å². The number of hydrogen-bond acceptors (Lipinski definition) is 0. The number of aromatic nitrogens is 1. The lowest BCUT2D eigenvalue weighted by molar-refractivity contribution is 0.920. The highest BCUT2D eigenvalue weighted by Crippen LogP contribution is 2.35. The van der Waals surface area contributed by atoms with Crippen LogP contribution < -0.4 is 0 Å². The standard InChI is InChI=1S/C24H21N/c1-3-6-16-9-11-20-21-12-10-19-14-17-7-4-5-8-18(17)15-22(19)24(21)25(2)23(20)13-16/h4-5,7-15H,3,6H2,1-2H3. The summed E-state index contributed by atoms with van der Waals surface area (Å²) >= 11 is 0. The van der Waals surface area contributed by atoms with Crippen LogP contribution in [-0.2, 0) is 13.5 Å². The van der Waals surface area contributed by atoms with E-state index in [4.69, 9.17) is 0 Å². The summed E-state index contributed by atoms with van der Waals surface area (Å²) in [6, 6.07) is 24.8. The van der Waals surface area contributed by atoms with Crippen LogP contribution in [-0.4, -0.2) is 4.57 Å². The normalized spacial score (nSPS) is 11.9. The smallest absolute Gasteiger partial charge is 0.0568 e. The average Bonchev–Trinajstić information content (AvgIpc) is 2.93. The second-order valence-electron chi connectivity index (χ2n) is 7.04. The van der Waals surface area contributed by atoms with E-state index in [2.05, 4.69) is 85.3 Å². The van der Waals surface area contributed by atoms with Gasteiger partial charge in [0.15, 0.2) is 0 Å². The summed E-state index contributed by atoms with van der Waals surface area (Å²) < 4.78 is 2.38. The third-order valence-corrected chi connectivity index (χ3v) is 5.45. The van der Waals surface area contributed by atoms with E-state index in [1.807, 2.05) is 0 Å². The molecule has 0 atom stereocenters. The maximum atomic E-state index is 2.38. The zero-order chi connectivity index (χ0) is 17.0. The molecule has 0 aliphatic heterocycles. The Hall–Kier alpha value is -2.80. The fourth-order valence-electron chi connectivity index (χ4n) is 4.22. The minimum absolute atomic E-state index is 1.14. The van der Waals surface area contributed by atoms with Crippen LogP contribution in [0.5, 0.6) is 0 Å². The van der Waals surface area contributed by atoms with Crippen LogP contribution in [0, 0.1) is 0 Å². The predicted molar refractivity (Wildman–Crippen MR) is 109 cm³/mol. The van der Waals surface area contributed by atoms with Crippen molar-refractivity contribution < 1.29 is 0 Å². The van der Waals surface area contributed by atoms with Crippen molar-refractivity contribution in [2.75, 3.05) is 0 Å². The third-order valence-electron chi connectivity index (χ3n) is 5.45. The van der Waals surface area contributed by atoms with Crippen LogP contribution in [0.15, 0.2) is 66.7 Å². The SMILES string of the molecule is CCCc1ccc2c3ccc4cc5ccccc5cc4c3n(C)c2c1. The quantitative estimate of drug-likeness (QED) is 0.323. The zero-order valence-electron chi connectivity index (χ0n) is 14.7. The van der Waals surface area contributed by atoms with E-state index in [1.165, 1.54) is 55.3 Å². The molecule has 25 heavy (non-hydrogen) atoms. The molecule has 5 rings (SSSR count). The summed E-state index contributed by atoms with van der Waals surface area (Å²) in [5.74, 6) is 0. The van der Waals surface area contributed by atoms with Crippen LogP contribution in [0.3, 0.4) is 0 Å². The molecule has 0 spiro atoms. The number of rotatable bonds is 2.